The van der Waals surface area contributed by atoms with Gasteiger partial charge in [-0.05, 0) is 57.9 Å². The van der Waals surface area contributed by atoms with Gasteiger partial charge in [-0.3, -0.25) is 4.79 Å². The number of ether oxygens (including phenoxy) is 1. The van der Waals surface area contributed by atoms with Gasteiger partial charge in [0.05, 0.1) is 18.6 Å². The lowest BCUT2D eigenvalue weighted by Gasteiger charge is -2.36. The van der Waals surface area contributed by atoms with Crippen LogP contribution in [-0.2, 0) is 19.1 Å². The van der Waals surface area contributed by atoms with Crippen LogP contribution in [-0.4, -0.2) is 51.9 Å². The SMILES string of the molecule is CCC(/C=C/[C@@H]1OC(=O)C=C(C)C1(C)C)=C\[C@H](C)C/C(C)=C/C=C[C@@H](CO)C(=O)[C@@H](C)[C@H](O)[C@@H](C)C/C(C)=C/C(=O)O. The molecule has 0 aromatic heterocycles. The third-order valence-corrected chi connectivity index (χ3v) is 8.19. The quantitative estimate of drug-likeness (QED) is 0.107. The Morgan fingerprint density at radius 1 is 1.12 bits per heavy atom. The van der Waals surface area contributed by atoms with Crippen LogP contribution in [0.5, 0.6) is 0 Å². The molecule has 234 valence electrons. The van der Waals surface area contributed by atoms with E-state index in [9.17, 15) is 24.6 Å². The number of aliphatic hydroxyl groups is 2. The van der Waals surface area contributed by atoms with Crippen LogP contribution in [0.25, 0.3) is 0 Å². The molecule has 0 aliphatic carbocycles. The number of Topliss-reactive ketones (excluding diaryl/α,β-unsaturated/α-hetero) is 1. The Morgan fingerprint density at radius 2 is 1.76 bits per heavy atom. The summed E-state index contributed by atoms with van der Waals surface area (Å²) in [4.78, 5) is 35.8. The average molecular weight is 585 g/mol. The van der Waals surface area contributed by atoms with Gasteiger partial charge in [0.2, 0.25) is 0 Å². The van der Waals surface area contributed by atoms with Gasteiger partial charge in [0.15, 0.2) is 0 Å². The van der Waals surface area contributed by atoms with Crippen molar-refractivity contribution in [3.05, 3.63) is 70.9 Å². The Bertz CT molecular complexity index is 1130. The fraction of sp³-hybridized carbons (Fsp3) is 0.571. The highest BCUT2D eigenvalue weighted by molar-refractivity contribution is 5.85. The minimum Gasteiger partial charge on any atom is -0.478 e. The first-order chi connectivity index (χ1) is 19.5. The number of aliphatic hydroxyl groups excluding tert-OH is 2. The van der Waals surface area contributed by atoms with Crippen LogP contribution in [0, 0.1) is 29.1 Å². The molecule has 7 heteroatoms. The molecule has 0 saturated carbocycles. The summed E-state index contributed by atoms with van der Waals surface area (Å²) in [6.45, 7) is 17.1. The van der Waals surface area contributed by atoms with Crippen molar-refractivity contribution in [3.63, 3.8) is 0 Å². The van der Waals surface area contributed by atoms with E-state index < -0.39 is 23.9 Å². The number of carbonyl (C=O) groups excluding carboxylic acids is 2. The predicted octanol–water partition coefficient (Wildman–Crippen LogP) is 6.54. The normalized spacial score (nSPS) is 22.0. The highest BCUT2D eigenvalue weighted by Crippen LogP contribution is 2.36. The van der Waals surface area contributed by atoms with Gasteiger partial charge in [0, 0.05) is 23.5 Å². The van der Waals surface area contributed by atoms with Gasteiger partial charge in [-0.1, -0.05) is 94.2 Å². The predicted molar refractivity (Wildman–Crippen MR) is 168 cm³/mol. The summed E-state index contributed by atoms with van der Waals surface area (Å²) in [5, 5.41) is 29.5. The number of aliphatic carboxylic acids is 1. The summed E-state index contributed by atoms with van der Waals surface area (Å²) in [7, 11) is 0. The number of carboxylic acid groups (broad SMARTS) is 1. The van der Waals surface area contributed by atoms with Crippen molar-refractivity contribution in [2.45, 2.75) is 93.8 Å². The number of allylic oxidation sites excluding steroid dienone is 7. The summed E-state index contributed by atoms with van der Waals surface area (Å²) in [5.41, 5.74) is 3.63. The van der Waals surface area contributed by atoms with E-state index in [4.69, 9.17) is 9.84 Å². The van der Waals surface area contributed by atoms with E-state index in [1.54, 1.807) is 39.0 Å². The van der Waals surface area contributed by atoms with Gasteiger partial charge >= 0.3 is 11.9 Å². The number of cyclic esters (lactones) is 1. The minimum absolute atomic E-state index is 0.253. The van der Waals surface area contributed by atoms with Gasteiger partial charge in [0.1, 0.15) is 11.9 Å². The first kappa shape index (κ1) is 37.0. The first-order valence-electron chi connectivity index (χ1n) is 14.9. The summed E-state index contributed by atoms with van der Waals surface area (Å²) in [5.74, 6) is -3.12. The summed E-state index contributed by atoms with van der Waals surface area (Å²) < 4.78 is 5.57. The second-order valence-corrected chi connectivity index (χ2v) is 12.4. The van der Waals surface area contributed by atoms with E-state index in [-0.39, 0.29) is 41.7 Å². The Labute approximate surface area is 252 Å². The molecule has 0 unspecified atom stereocenters. The number of hydrogen-bond donors (Lipinski definition) is 3. The molecule has 1 aliphatic heterocycles. The molecule has 0 radical (unpaired) electrons. The van der Waals surface area contributed by atoms with E-state index in [1.807, 2.05) is 32.1 Å². The zero-order valence-electron chi connectivity index (χ0n) is 26.9. The topological polar surface area (TPSA) is 121 Å². The minimum atomic E-state index is -1.04. The lowest BCUT2D eigenvalue weighted by Crippen LogP contribution is -2.37. The average Bonchev–Trinajstić information content (AvgIpc) is 2.89. The number of esters is 1. The summed E-state index contributed by atoms with van der Waals surface area (Å²) >= 11 is 0. The van der Waals surface area contributed by atoms with Gasteiger partial charge < -0.3 is 20.1 Å². The number of carboxylic acids is 1. The lowest BCUT2D eigenvalue weighted by atomic mass is 9.77. The first-order valence-corrected chi connectivity index (χ1v) is 14.9. The van der Waals surface area contributed by atoms with E-state index >= 15 is 0 Å². The fourth-order valence-corrected chi connectivity index (χ4v) is 5.17. The molecule has 0 aromatic carbocycles. The standard InChI is InChI=1S/C35H52O7/c1-10-28(14-15-30-35(8,9)26(6)20-32(39)42-30)18-23(3)16-22(2)12-11-13-29(21-36)34(41)27(7)33(40)25(5)17-24(4)19-31(37)38/h11-15,18-20,23,25,27,29-30,33,36,40H,10,16-17,21H2,1-9H3,(H,37,38)/b13-11?,15-14+,22-12+,24-19+,28-18+/t23-,25+,27+,29+,30+,33-/m1/s1. The molecule has 42 heavy (non-hydrogen) atoms. The largest absolute Gasteiger partial charge is 0.478 e. The molecule has 7 nitrogen and oxygen atoms in total. The third kappa shape index (κ3) is 11.7. The maximum absolute atomic E-state index is 13.0. The Hall–Kier alpha value is -3.03. The molecule has 6 atom stereocenters. The van der Waals surface area contributed by atoms with Gasteiger partial charge in [-0.2, -0.15) is 0 Å². The molecule has 0 amide bonds. The van der Waals surface area contributed by atoms with Crippen molar-refractivity contribution in [3.8, 4) is 0 Å². The molecular weight excluding hydrogens is 532 g/mol. The lowest BCUT2D eigenvalue weighted by molar-refractivity contribution is -0.146. The molecule has 1 aliphatic rings. The van der Waals surface area contributed by atoms with Crippen LogP contribution in [0.2, 0.25) is 0 Å². The molecule has 0 spiro atoms. The fourth-order valence-electron chi connectivity index (χ4n) is 5.17. The second-order valence-electron chi connectivity index (χ2n) is 12.4. The van der Waals surface area contributed by atoms with Gasteiger partial charge in [-0.25, -0.2) is 9.59 Å². The number of ketones is 1. The van der Waals surface area contributed by atoms with Crippen LogP contribution < -0.4 is 0 Å². The molecule has 0 fully saturated rings. The van der Waals surface area contributed by atoms with Gasteiger partial charge in [0.25, 0.3) is 0 Å². The highest BCUT2D eigenvalue weighted by Gasteiger charge is 2.36. The maximum Gasteiger partial charge on any atom is 0.331 e. The van der Waals surface area contributed by atoms with E-state index in [2.05, 4.69) is 33.8 Å². The van der Waals surface area contributed by atoms with Crippen LogP contribution in [0.15, 0.2) is 70.9 Å². The van der Waals surface area contributed by atoms with Crippen molar-refractivity contribution >= 4 is 17.7 Å². The zero-order valence-corrected chi connectivity index (χ0v) is 26.9. The highest BCUT2D eigenvalue weighted by atomic mass is 16.5. The van der Waals surface area contributed by atoms with Gasteiger partial charge in [-0.15, -0.1) is 0 Å². The van der Waals surface area contributed by atoms with Crippen molar-refractivity contribution < 1.29 is 34.4 Å². The molecule has 0 bridgehead atoms. The molecule has 1 rings (SSSR count). The number of rotatable bonds is 16. The molecule has 0 saturated heterocycles. The van der Waals surface area contributed by atoms with Crippen LogP contribution in [0.3, 0.4) is 0 Å². The summed E-state index contributed by atoms with van der Waals surface area (Å²) in [6.07, 6.45) is 15.0. The molecule has 3 N–H and O–H groups in total. The van der Waals surface area contributed by atoms with E-state index in [0.29, 0.717) is 12.0 Å². The number of carbonyl (C=O) groups is 3. The van der Waals surface area contributed by atoms with E-state index in [1.165, 1.54) is 0 Å². The van der Waals surface area contributed by atoms with Crippen molar-refractivity contribution in [2.24, 2.45) is 29.1 Å². The second kappa shape index (κ2) is 17.2. The van der Waals surface area contributed by atoms with Crippen molar-refractivity contribution in [1.82, 2.24) is 0 Å². The monoisotopic (exact) mass is 584 g/mol. The third-order valence-electron chi connectivity index (χ3n) is 8.19. The molecular formula is C35H52O7. The maximum atomic E-state index is 13.0. The van der Waals surface area contributed by atoms with Crippen LogP contribution in [0.4, 0.5) is 0 Å². The zero-order chi connectivity index (χ0) is 32.2. The van der Waals surface area contributed by atoms with Crippen molar-refractivity contribution in [2.75, 3.05) is 6.61 Å². The van der Waals surface area contributed by atoms with E-state index in [0.717, 1.165) is 35.6 Å². The van der Waals surface area contributed by atoms with Crippen LogP contribution in [0.1, 0.15) is 81.6 Å². The summed E-state index contributed by atoms with van der Waals surface area (Å²) in [6, 6.07) is 0. The Balaban J connectivity index is 2.83. The Kier molecular flexibility index (Phi) is 15.1. The molecule has 0 aromatic rings. The Morgan fingerprint density at radius 3 is 2.33 bits per heavy atom. The number of hydrogen-bond acceptors (Lipinski definition) is 6. The smallest absolute Gasteiger partial charge is 0.331 e. The van der Waals surface area contributed by atoms with Crippen molar-refractivity contribution in [1.29, 1.82) is 0 Å². The van der Waals surface area contributed by atoms with Crippen LogP contribution >= 0.6 is 0 Å². The molecule has 1 heterocycles.